The number of likely N-dealkylation sites (tertiary alicyclic amines) is 1. The molecule has 9 nitrogen and oxygen atoms in total. The van der Waals surface area contributed by atoms with E-state index in [1.807, 2.05) is 27.6 Å². The number of carbonyl (C=O) groups is 2. The van der Waals surface area contributed by atoms with E-state index >= 15 is 0 Å². The first-order valence-electron chi connectivity index (χ1n) is 11.5. The molecule has 36 heavy (non-hydrogen) atoms. The van der Waals surface area contributed by atoms with Crippen LogP contribution in [0.15, 0.2) is 67.6 Å². The van der Waals surface area contributed by atoms with Crippen molar-refractivity contribution in [2.24, 2.45) is 5.92 Å². The Bertz CT molecular complexity index is 1530. The zero-order chi connectivity index (χ0) is 25.0. The summed E-state index contributed by atoms with van der Waals surface area (Å²) in [5, 5.41) is 3.22. The van der Waals surface area contributed by atoms with Gasteiger partial charge in [0.25, 0.3) is 5.91 Å². The van der Waals surface area contributed by atoms with Gasteiger partial charge in [-0.1, -0.05) is 30.3 Å². The predicted octanol–water partition coefficient (Wildman–Crippen LogP) is 4.13. The number of rotatable bonds is 5. The van der Waals surface area contributed by atoms with Gasteiger partial charge in [-0.25, -0.2) is 15.0 Å². The number of imidazole rings is 1. The normalized spacial score (nSPS) is 20.2. The highest BCUT2D eigenvalue weighted by Gasteiger charge is 2.55. The lowest BCUT2D eigenvalue weighted by atomic mass is 10.1. The van der Waals surface area contributed by atoms with Crippen LogP contribution in [0.2, 0.25) is 5.02 Å². The maximum Gasteiger partial charge on any atom is 0.256 e. The van der Waals surface area contributed by atoms with Gasteiger partial charge in [0.05, 0.1) is 6.04 Å². The van der Waals surface area contributed by atoms with Crippen molar-refractivity contribution >= 4 is 40.6 Å². The molecular weight excluding hydrogens is 478 g/mol. The van der Waals surface area contributed by atoms with Crippen molar-refractivity contribution in [3.63, 3.8) is 0 Å². The molecule has 4 aromatic rings. The second-order valence-electron chi connectivity index (χ2n) is 9.00. The number of hydrogen-bond donors (Lipinski definition) is 2. The number of benzene rings is 1. The smallest absolute Gasteiger partial charge is 0.256 e. The molecule has 6 rings (SSSR count). The van der Waals surface area contributed by atoms with Gasteiger partial charge >= 0.3 is 0 Å². The molecule has 10 heteroatoms. The number of nitrogens with zero attached hydrogens (tertiary/aromatic N) is 5. The summed E-state index contributed by atoms with van der Waals surface area (Å²) < 4.78 is 1.92. The summed E-state index contributed by atoms with van der Waals surface area (Å²) in [6, 6.07) is 10.3. The van der Waals surface area contributed by atoms with Gasteiger partial charge in [-0.15, -0.1) is 0 Å². The first-order chi connectivity index (χ1) is 17.4. The molecule has 1 aliphatic heterocycles. The van der Waals surface area contributed by atoms with Crippen LogP contribution in [0.3, 0.4) is 0 Å². The van der Waals surface area contributed by atoms with E-state index in [0.717, 1.165) is 24.2 Å². The van der Waals surface area contributed by atoms with E-state index in [9.17, 15) is 9.59 Å². The second kappa shape index (κ2) is 8.46. The fourth-order valence-electron chi connectivity index (χ4n) is 5.07. The number of fused-ring (bicyclic) bond motifs is 2. The number of hydrogen-bond acceptors (Lipinski definition) is 6. The summed E-state index contributed by atoms with van der Waals surface area (Å²) in [7, 11) is 0. The van der Waals surface area contributed by atoms with Crippen LogP contribution in [-0.2, 0) is 4.79 Å². The number of aromatic nitrogens is 4. The van der Waals surface area contributed by atoms with Gasteiger partial charge in [-0.2, -0.15) is 0 Å². The average molecular weight is 500 g/mol. The lowest BCUT2D eigenvalue weighted by Gasteiger charge is -2.25. The monoisotopic (exact) mass is 499 g/mol. The Morgan fingerprint density at radius 3 is 2.69 bits per heavy atom. The number of nitrogens with one attached hydrogen (secondary N) is 1. The van der Waals surface area contributed by atoms with Gasteiger partial charge in [0.2, 0.25) is 5.91 Å². The fraction of sp³-hybridized carbons (Fsp3) is 0.192. The van der Waals surface area contributed by atoms with Crippen molar-refractivity contribution in [2.45, 2.75) is 24.9 Å². The maximum atomic E-state index is 12.7. The van der Waals surface area contributed by atoms with Crippen molar-refractivity contribution in [3.8, 4) is 11.3 Å². The molecule has 1 saturated heterocycles. The van der Waals surface area contributed by atoms with Crippen LogP contribution in [0.1, 0.15) is 35.1 Å². The minimum absolute atomic E-state index is 0.0881. The van der Waals surface area contributed by atoms with Crippen LogP contribution in [-0.4, -0.2) is 42.1 Å². The van der Waals surface area contributed by atoms with Gasteiger partial charge in [0.15, 0.2) is 0 Å². The number of carbonyl (C=O) groups excluding carboxylic acids is 2. The number of halogens is 1. The summed E-state index contributed by atoms with van der Waals surface area (Å²) >= 11 is 5.98. The van der Waals surface area contributed by atoms with Crippen molar-refractivity contribution < 1.29 is 9.59 Å². The number of nitrogen functional groups attached to an aromatic ring is 1. The van der Waals surface area contributed by atoms with Crippen molar-refractivity contribution in [1.29, 1.82) is 0 Å². The molecule has 2 amide bonds. The van der Waals surface area contributed by atoms with Gasteiger partial charge < -0.3 is 16.0 Å². The summed E-state index contributed by atoms with van der Waals surface area (Å²) in [6.45, 7) is 3.68. The van der Waals surface area contributed by atoms with E-state index in [2.05, 4.69) is 21.9 Å². The molecule has 3 atom stereocenters. The number of pyridine rings is 1. The maximum absolute atomic E-state index is 12.7. The second-order valence-corrected chi connectivity index (χ2v) is 9.44. The molecular formula is C26H22ClN7O2. The van der Waals surface area contributed by atoms with Crippen LogP contribution < -0.4 is 11.1 Å². The van der Waals surface area contributed by atoms with Gasteiger partial charge in [0, 0.05) is 40.8 Å². The van der Waals surface area contributed by atoms with Crippen molar-refractivity contribution in [1.82, 2.24) is 24.3 Å². The highest BCUT2D eigenvalue weighted by atomic mass is 35.5. The molecule has 1 saturated carbocycles. The van der Waals surface area contributed by atoms with Crippen LogP contribution in [0.5, 0.6) is 0 Å². The Kier molecular flexibility index (Phi) is 5.22. The summed E-state index contributed by atoms with van der Waals surface area (Å²) in [4.78, 5) is 40.6. The predicted molar refractivity (Wildman–Crippen MR) is 136 cm³/mol. The Morgan fingerprint density at radius 1 is 1.14 bits per heavy atom. The van der Waals surface area contributed by atoms with Crippen LogP contribution in [0, 0.1) is 5.92 Å². The number of amides is 2. The summed E-state index contributed by atoms with van der Waals surface area (Å²) in [5.74, 6) is 1.54. The lowest BCUT2D eigenvalue weighted by Crippen LogP contribution is -2.33. The first-order valence-corrected chi connectivity index (χ1v) is 11.9. The molecule has 0 radical (unpaired) electrons. The van der Waals surface area contributed by atoms with E-state index in [4.69, 9.17) is 22.3 Å². The van der Waals surface area contributed by atoms with Crippen molar-refractivity contribution in [3.05, 3.63) is 84.1 Å². The SMILES string of the molecule is C=CC(=O)N1C(c2nc(-c3ccc(C(=O)Nc4cc(Cl)ccn4)cc3)c3c(N)nccn23)CC2CC21. The van der Waals surface area contributed by atoms with Gasteiger partial charge in [0.1, 0.15) is 28.7 Å². The Labute approximate surface area is 211 Å². The van der Waals surface area contributed by atoms with Crippen molar-refractivity contribution in [2.75, 3.05) is 11.1 Å². The standard InChI is InChI=1S/C26H22ClN7O2/c1-2-21(35)34-18-11-16(18)12-19(34)25-32-22(23-24(28)30-9-10-33(23)25)14-3-5-15(6-4-14)26(36)31-20-13-17(27)7-8-29-20/h2-10,13,16,18-19H,1,11-12H2,(H2,28,30)(H,29,31,36). The topological polar surface area (TPSA) is 119 Å². The molecule has 3 aromatic heterocycles. The quantitative estimate of drug-likeness (QED) is 0.398. The highest BCUT2D eigenvalue weighted by molar-refractivity contribution is 6.30. The van der Waals surface area contributed by atoms with E-state index in [-0.39, 0.29) is 23.9 Å². The van der Waals surface area contributed by atoms with E-state index in [1.165, 1.54) is 12.3 Å². The zero-order valence-corrected chi connectivity index (χ0v) is 19.9. The minimum Gasteiger partial charge on any atom is -0.382 e. The Hall–Kier alpha value is -4.24. The van der Waals surface area contributed by atoms with Crippen LogP contribution in [0.4, 0.5) is 11.6 Å². The molecule has 1 aromatic carbocycles. The molecule has 0 bridgehead atoms. The van der Waals surface area contributed by atoms with Crippen LogP contribution >= 0.6 is 11.6 Å². The minimum atomic E-state index is -0.309. The summed E-state index contributed by atoms with van der Waals surface area (Å²) in [5.41, 5.74) is 8.83. The zero-order valence-electron chi connectivity index (χ0n) is 19.1. The molecule has 2 aliphatic rings. The van der Waals surface area contributed by atoms with Gasteiger partial charge in [-0.3, -0.25) is 14.0 Å². The number of nitrogens with two attached hydrogens (primary N) is 1. The van der Waals surface area contributed by atoms with E-state index < -0.39 is 0 Å². The number of anilines is 2. The lowest BCUT2D eigenvalue weighted by molar-refractivity contribution is -0.128. The van der Waals surface area contributed by atoms with Crippen LogP contribution in [0.25, 0.3) is 16.8 Å². The van der Waals surface area contributed by atoms with E-state index in [0.29, 0.717) is 39.4 Å². The molecule has 1 aliphatic carbocycles. The molecule has 4 heterocycles. The molecule has 3 N–H and O–H groups in total. The fourth-order valence-corrected chi connectivity index (χ4v) is 5.23. The molecule has 3 unspecified atom stereocenters. The first kappa shape index (κ1) is 22.2. The van der Waals surface area contributed by atoms with Gasteiger partial charge in [-0.05, 0) is 49.1 Å². The largest absolute Gasteiger partial charge is 0.382 e. The highest BCUT2D eigenvalue weighted by Crippen LogP contribution is 2.53. The molecule has 180 valence electrons. The van der Waals surface area contributed by atoms with E-state index in [1.54, 1.807) is 30.5 Å². The summed E-state index contributed by atoms with van der Waals surface area (Å²) in [6.07, 6.45) is 8.20. The average Bonchev–Trinajstić information content (AvgIpc) is 3.36. The molecule has 2 fully saturated rings. The third kappa shape index (κ3) is 3.68. The third-order valence-corrected chi connectivity index (χ3v) is 7.06. The Morgan fingerprint density at radius 2 is 1.94 bits per heavy atom. The third-order valence-electron chi connectivity index (χ3n) is 6.83. The number of piperidine rings is 1. The molecule has 0 spiro atoms. The Balaban J connectivity index is 1.35.